The number of carbonyl (C=O) groups is 1. The van der Waals surface area contributed by atoms with Gasteiger partial charge in [0.15, 0.2) is 0 Å². The molecule has 1 heterocycles. The predicted octanol–water partition coefficient (Wildman–Crippen LogP) is 3.14. The second kappa shape index (κ2) is 4.26. The van der Waals surface area contributed by atoms with Crippen molar-refractivity contribution >= 4 is 34.2 Å². The highest BCUT2D eigenvalue weighted by Gasteiger charge is 2.41. The van der Waals surface area contributed by atoms with Crippen molar-refractivity contribution in [2.45, 2.75) is 25.3 Å². The van der Waals surface area contributed by atoms with Crippen molar-refractivity contribution in [1.82, 2.24) is 0 Å². The van der Waals surface area contributed by atoms with Crippen molar-refractivity contribution < 1.29 is 9.90 Å². The quantitative estimate of drug-likeness (QED) is 0.601. The van der Waals surface area contributed by atoms with Gasteiger partial charge in [0.05, 0.1) is 5.69 Å². The summed E-state index contributed by atoms with van der Waals surface area (Å²) in [7, 11) is 0. The number of hydrogen-bond acceptors (Lipinski definition) is 2. The van der Waals surface area contributed by atoms with E-state index >= 15 is 0 Å². The maximum absolute atomic E-state index is 11.4. The van der Waals surface area contributed by atoms with Crippen molar-refractivity contribution in [1.29, 1.82) is 0 Å². The van der Waals surface area contributed by atoms with Crippen LogP contribution in [0.25, 0.3) is 0 Å². The Balaban J connectivity index is 2.14. The first-order valence-electron chi connectivity index (χ1n) is 6.04. The van der Waals surface area contributed by atoms with Crippen LogP contribution in [0.5, 0.6) is 0 Å². The highest BCUT2D eigenvalue weighted by molar-refractivity contribution is 14.1. The molecule has 2 aliphatic rings. The third-order valence-electron chi connectivity index (χ3n) is 3.83. The number of allylic oxidation sites excluding steroid dienone is 2. The molecule has 1 aliphatic carbocycles. The number of hydrogen-bond donors (Lipinski definition) is 2. The van der Waals surface area contributed by atoms with E-state index in [0.29, 0.717) is 0 Å². The van der Waals surface area contributed by atoms with Crippen molar-refractivity contribution in [2.75, 3.05) is 5.32 Å². The van der Waals surface area contributed by atoms with Crippen LogP contribution >= 0.6 is 22.6 Å². The smallest absolute Gasteiger partial charge is 0.326 e. The molecule has 1 aromatic carbocycles. The summed E-state index contributed by atoms with van der Waals surface area (Å²) in [5.41, 5.74) is 3.48. The molecule has 0 saturated heterocycles. The Labute approximate surface area is 119 Å². The minimum atomic E-state index is -0.754. The highest BCUT2D eigenvalue weighted by atomic mass is 127. The van der Waals surface area contributed by atoms with Gasteiger partial charge >= 0.3 is 5.97 Å². The fourth-order valence-corrected chi connectivity index (χ4v) is 4.00. The number of carboxylic acids is 1. The van der Waals surface area contributed by atoms with Crippen LogP contribution in [0.15, 0.2) is 24.3 Å². The first-order chi connectivity index (χ1) is 8.58. The number of nitrogens with one attached hydrogen (secondary N) is 1. The molecule has 1 aromatic rings. The van der Waals surface area contributed by atoms with E-state index in [-0.39, 0.29) is 11.8 Å². The Morgan fingerprint density at radius 1 is 1.50 bits per heavy atom. The number of benzene rings is 1. The van der Waals surface area contributed by atoms with Gasteiger partial charge in [-0.25, -0.2) is 4.79 Å². The van der Waals surface area contributed by atoms with Gasteiger partial charge in [-0.2, -0.15) is 0 Å². The molecule has 0 fully saturated rings. The molecule has 3 nitrogen and oxygen atoms in total. The molecular weight excluding hydrogens is 341 g/mol. The van der Waals surface area contributed by atoms with Crippen molar-refractivity contribution in [3.63, 3.8) is 0 Å². The van der Waals surface area contributed by atoms with Crippen LogP contribution in [-0.4, -0.2) is 17.1 Å². The molecular formula is C14H14INO2. The zero-order chi connectivity index (χ0) is 12.9. The maximum atomic E-state index is 11.4. The highest BCUT2D eigenvalue weighted by Crippen LogP contribution is 2.46. The summed E-state index contributed by atoms with van der Waals surface area (Å²) in [6, 6.07) is 3.79. The molecule has 4 heteroatoms. The Hall–Kier alpha value is -1.04. The average Bonchev–Trinajstić information content (AvgIpc) is 2.76. The molecule has 0 saturated carbocycles. The third-order valence-corrected chi connectivity index (χ3v) is 4.68. The zero-order valence-electron chi connectivity index (χ0n) is 9.98. The molecule has 0 amide bonds. The molecule has 0 bridgehead atoms. The van der Waals surface area contributed by atoms with Crippen LogP contribution < -0.4 is 5.32 Å². The van der Waals surface area contributed by atoms with Crippen LogP contribution in [-0.2, 0) is 4.79 Å². The van der Waals surface area contributed by atoms with Crippen LogP contribution in [0.4, 0.5) is 5.69 Å². The summed E-state index contributed by atoms with van der Waals surface area (Å²) in [6.07, 6.45) is 5.12. The van der Waals surface area contributed by atoms with Gasteiger partial charge in [-0.15, -0.1) is 0 Å². The topological polar surface area (TPSA) is 49.3 Å². The zero-order valence-corrected chi connectivity index (χ0v) is 12.1. The Bertz CT molecular complexity index is 553. The van der Waals surface area contributed by atoms with Gasteiger partial charge in [0.1, 0.15) is 6.04 Å². The van der Waals surface area contributed by atoms with Gasteiger partial charge < -0.3 is 10.4 Å². The van der Waals surface area contributed by atoms with Crippen molar-refractivity contribution in [3.05, 3.63) is 39.0 Å². The number of aryl methyl sites for hydroxylation is 1. The Kier molecular flexibility index (Phi) is 2.84. The third kappa shape index (κ3) is 1.74. The molecule has 18 heavy (non-hydrogen) atoms. The largest absolute Gasteiger partial charge is 0.480 e. The summed E-state index contributed by atoms with van der Waals surface area (Å²) < 4.78 is 1.10. The molecule has 3 rings (SSSR count). The molecule has 2 N–H and O–H groups in total. The fraction of sp³-hybridized carbons (Fsp3) is 0.357. The lowest BCUT2D eigenvalue weighted by molar-refractivity contribution is -0.139. The van der Waals surface area contributed by atoms with E-state index in [0.717, 1.165) is 15.7 Å². The summed E-state index contributed by atoms with van der Waals surface area (Å²) in [4.78, 5) is 11.4. The molecule has 3 atom stereocenters. The van der Waals surface area contributed by atoms with E-state index < -0.39 is 12.0 Å². The lowest BCUT2D eigenvalue weighted by Crippen LogP contribution is -2.42. The summed E-state index contributed by atoms with van der Waals surface area (Å²) in [5.74, 6) is -0.362. The van der Waals surface area contributed by atoms with Gasteiger partial charge in [-0.3, -0.25) is 0 Å². The lowest BCUT2D eigenvalue weighted by Gasteiger charge is -2.35. The molecule has 0 aromatic heterocycles. The second-order valence-electron chi connectivity index (χ2n) is 5.02. The van der Waals surface area contributed by atoms with E-state index in [1.165, 1.54) is 11.1 Å². The van der Waals surface area contributed by atoms with Crippen LogP contribution in [0.3, 0.4) is 0 Å². The minimum Gasteiger partial charge on any atom is -0.480 e. The van der Waals surface area contributed by atoms with E-state index in [1.54, 1.807) is 0 Å². The van der Waals surface area contributed by atoms with Gasteiger partial charge in [0, 0.05) is 15.4 Å². The first-order valence-corrected chi connectivity index (χ1v) is 7.12. The van der Waals surface area contributed by atoms with Crippen molar-refractivity contribution in [3.8, 4) is 0 Å². The van der Waals surface area contributed by atoms with E-state index in [4.69, 9.17) is 0 Å². The van der Waals surface area contributed by atoms with Crippen molar-refractivity contribution in [2.24, 2.45) is 5.92 Å². The molecule has 1 aliphatic heterocycles. The number of halogens is 1. The lowest BCUT2D eigenvalue weighted by atomic mass is 9.79. The van der Waals surface area contributed by atoms with Gasteiger partial charge in [0.25, 0.3) is 0 Å². The molecule has 3 unspecified atom stereocenters. The van der Waals surface area contributed by atoms with Gasteiger partial charge in [-0.05, 0) is 53.1 Å². The minimum absolute atomic E-state index is 0.146. The van der Waals surface area contributed by atoms with Gasteiger partial charge in [-0.1, -0.05) is 18.2 Å². The Morgan fingerprint density at radius 3 is 3.00 bits per heavy atom. The number of fused-ring (bicyclic) bond motifs is 3. The second-order valence-corrected chi connectivity index (χ2v) is 6.19. The summed E-state index contributed by atoms with van der Waals surface area (Å²) in [5, 5.41) is 12.6. The van der Waals surface area contributed by atoms with Crippen LogP contribution in [0, 0.1) is 16.4 Å². The summed E-state index contributed by atoms with van der Waals surface area (Å²) >= 11 is 2.28. The number of anilines is 1. The van der Waals surface area contributed by atoms with E-state index in [2.05, 4.69) is 59.1 Å². The number of carboxylic acid groups (broad SMARTS) is 1. The first kappa shape index (κ1) is 12.0. The Morgan fingerprint density at radius 2 is 2.28 bits per heavy atom. The number of rotatable bonds is 1. The van der Waals surface area contributed by atoms with Gasteiger partial charge in [0.2, 0.25) is 0 Å². The normalized spacial score (nSPS) is 28.4. The standard InChI is InChI=1S/C14H14INO2/c1-7-5-10-8-3-2-4-9(8)13(14(17)18)16-12(10)11(15)6-7/h2-3,5-6,8-9,13,16H,4H2,1H3,(H,17,18). The predicted molar refractivity (Wildman–Crippen MR) is 78.9 cm³/mol. The molecule has 0 spiro atoms. The van der Waals surface area contributed by atoms with Crippen LogP contribution in [0.1, 0.15) is 23.5 Å². The molecule has 0 radical (unpaired) electrons. The van der Waals surface area contributed by atoms with E-state index in [1.807, 2.05) is 0 Å². The average molecular weight is 355 g/mol. The maximum Gasteiger partial charge on any atom is 0.326 e. The fourth-order valence-electron chi connectivity index (χ4n) is 3.04. The monoisotopic (exact) mass is 355 g/mol. The number of aliphatic carboxylic acids is 1. The van der Waals surface area contributed by atoms with Crippen LogP contribution in [0.2, 0.25) is 0 Å². The SMILES string of the molecule is Cc1cc(I)c2c(c1)C1C=CCC1C(C(=O)O)N2. The summed E-state index contributed by atoms with van der Waals surface area (Å²) in [6.45, 7) is 2.08. The molecule has 94 valence electrons. The van der Waals surface area contributed by atoms with E-state index in [9.17, 15) is 9.90 Å².